The van der Waals surface area contributed by atoms with Crippen LogP contribution in [-0.4, -0.2) is 17.4 Å². The lowest BCUT2D eigenvalue weighted by molar-refractivity contribution is -0.384. The predicted molar refractivity (Wildman–Crippen MR) is 124 cm³/mol. The van der Waals surface area contributed by atoms with E-state index in [4.69, 9.17) is 9.47 Å². The SMILES string of the molecule is CCOc1cc(/C=C(\C#N)C(=O)Nc2ccc([N+](=O)[O-])cc2)ccc1OCc1ccc(F)cc1. The number of carbonyl (C=O) groups excluding carboxylic acids is 1. The monoisotopic (exact) mass is 461 g/mol. The maximum absolute atomic E-state index is 13.1. The average molecular weight is 461 g/mol. The number of hydrogen-bond acceptors (Lipinski definition) is 6. The summed E-state index contributed by atoms with van der Waals surface area (Å²) < 4.78 is 24.5. The molecule has 3 rings (SSSR count). The predicted octanol–water partition coefficient (Wildman–Crippen LogP) is 5.26. The molecule has 0 fully saturated rings. The molecule has 0 aliphatic carbocycles. The fourth-order valence-corrected chi connectivity index (χ4v) is 2.92. The zero-order valence-corrected chi connectivity index (χ0v) is 18.2. The Morgan fingerprint density at radius 1 is 1.09 bits per heavy atom. The lowest BCUT2D eigenvalue weighted by atomic mass is 10.1. The minimum absolute atomic E-state index is 0.112. The first-order valence-electron chi connectivity index (χ1n) is 10.2. The molecule has 1 N–H and O–H groups in total. The zero-order valence-electron chi connectivity index (χ0n) is 18.2. The highest BCUT2D eigenvalue weighted by Crippen LogP contribution is 2.30. The average Bonchev–Trinajstić information content (AvgIpc) is 2.83. The van der Waals surface area contributed by atoms with Gasteiger partial charge in [-0.05, 0) is 60.5 Å². The molecule has 0 bridgehead atoms. The standard InChI is InChI=1S/C25H20FN3O5/c1-2-33-24-14-18(5-12-23(24)34-16-17-3-6-20(26)7-4-17)13-19(15-27)25(30)28-21-8-10-22(11-9-21)29(31)32/h3-14H,2,16H2,1H3,(H,28,30)/b19-13+. The summed E-state index contributed by atoms with van der Waals surface area (Å²) in [4.78, 5) is 22.7. The van der Waals surface area contributed by atoms with Crippen molar-refractivity contribution in [3.63, 3.8) is 0 Å². The number of nitro groups is 1. The van der Waals surface area contributed by atoms with Gasteiger partial charge in [-0.1, -0.05) is 18.2 Å². The summed E-state index contributed by atoms with van der Waals surface area (Å²) in [5, 5.41) is 22.7. The first-order valence-corrected chi connectivity index (χ1v) is 10.2. The van der Waals surface area contributed by atoms with Crippen molar-refractivity contribution in [3.8, 4) is 17.6 Å². The molecule has 0 aliphatic heterocycles. The molecule has 0 unspecified atom stereocenters. The molecule has 0 aromatic heterocycles. The summed E-state index contributed by atoms with van der Waals surface area (Å²) in [6.45, 7) is 2.38. The number of benzene rings is 3. The minimum Gasteiger partial charge on any atom is -0.490 e. The molecule has 9 heteroatoms. The fraction of sp³-hybridized carbons (Fsp3) is 0.120. The number of ether oxygens (including phenoxy) is 2. The van der Waals surface area contributed by atoms with E-state index in [1.165, 1.54) is 42.5 Å². The van der Waals surface area contributed by atoms with Crippen LogP contribution in [0, 0.1) is 27.3 Å². The molecule has 0 aliphatic rings. The van der Waals surface area contributed by atoms with Crippen LogP contribution < -0.4 is 14.8 Å². The largest absolute Gasteiger partial charge is 0.490 e. The molecule has 0 saturated heterocycles. The van der Waals surface area contributed by atoms with Crippen LogP contribution >= 0.6 is 0 Å². The van der Waals surface area contributed by atoms with Gasteiger partial charge in [0, 0.05) is 17.8 Å². The Kier molecular flexibility index (Phi) is 7.92. The summed E-state index contributed by atoms with van der Waals surface area (Å²) >= 11 is 0. The molecule has 0 radical (unpaired) electrons. The molecule has 34 heavy (non-hydrogen) atoms. The van der Waals surface area contributed by atoms with Crippen molar-refractivity contribution in [2.45, 2.75) is 13.5 Å². The van der Waals surface area contributed by atoms with Crippen LogP contribution in [0.25, 0.3) is 6.08 Å². The van der Waals surface area contributed by atoms with Crippen LogP contribution in [0.5, 0.6) is 11.5 Å². The number of nitrogens with one attached hydrogen (secondary N) is 1. The van der Waals surface area contributed by atoms with E-state index in [2.05, 4.69) is 5.32 Å². The third kappa shape index (κ3) is 6.40. The number of nitrogens with zero attached hydrogens (tertiary/aromatic N) is 2. The lowest BCUT2D eigenvalue weighted by Crippen LogP contribution is -2.13. The van der Waals surface area contributed by atoms with Crippen LogP contribution in [-0.2, 0) is 11.4 Å². The van der Waals surface area contributed by atoms with Gasteiger partial charge < -0.3 is 14.8 Å². The molecule has 0 atom stereocenters. The van der Waals surface area contributed by atoms with Gasteiger partial charge in [0.25, 0.3) is 11.6 Å². The Hall–Kier alpha value is -4.71. The van der Waals surface area contributed by atoms with Crippen LogP contribution in [0.4, 0.5) is 15.8 Å². The molecule has 1 amide bonds. The smallest absolute Gasteiger partial charge is 0.269 e. The Morgan fingerprint density at radius 2 is 1.79 bits per heavy atom. The molecule has 3 aromatic rings. The van der Waals surface area contributed by atoms with Crippen molar-refractivity contribution in [1.82, 2.24) is 0 Å². The van der Waals surface area contributed by atoms with E-state index in [1.807, 2.05) is 13.0 Å². The molecule has 0 spiro atoms. The lowest BCUT2D eigenvalue weighted by Gasteiger charge is -2.13. The van der Waals surface area contributed by atoms with E-state index in [0.717, 1.165) is 5.56 Å². The molecular formula is C25H20FN3O5. The van der Waals surface area contributed by atoms with Gasteiger partial charge in [-0.3, -0.25) is 14.9 Å². The van der Waals surface area contributed by atoms with Gasteiger partial charge in [0.2, 0.25) is 0 Å². The number of anilines is 1. The second-order valence-corrected chi connectivity index (χ2v) is 6.98. The molecule has 172 valence electrons. The number of non-ortho nitro benzene ring substituents is 1. The first-order chi connectivity index (χ1) is 16.4. The summed E-state index contributed by atoms with van der Waals surface area (Å²) in [6, 6.07) is 18.0. The van der Waals surface area contributed by atoms with Crippen molar-refractivity contribution in [2.24, 2.45) is 0 Å². The first kappa shape index (κ1) is 23.9. The molecular weight excluding hydrogens is 441 g/mol. The number of carbonyl (C=O) groups is 1. The van der Waals surface area contributed by atoms with E-state index in [-0.39, 0.29) is 23.7 Å². The minimum atomic E-state index is -0.661. The highest BCUT2D eigenvalue weighted by atomic mass is 19.1. The van der Waals surface area contributed by atoms with Gasteiger partial charge in [0.1, 0.15) is 24.1 Å². The summed E-state index contributed by atoms with van der Waals surface area (Å²) in [6.07, 6.45) is 1.40. The van der Waals surface area contributed by atoms with Gasteiger partial charge in [-0.25, -0.2) is 4.39 Å². The van der Waals surface area contributed by atoms with Crippen LogP contribution in [0.2, 0.25) is 0 Å². The number of halogens is 1. The van der Waals surface area contributed by atoms with Gasteiger partial charge in [-0.15, -0.1) is 0 Å². The third-order valence-corrected chi connectivity index (χ3v) is 4.59. The normalized spacial score (nSPS) is 10.8. The van der Waals surface area contributed by atoms with Gasteiger partial charge in [0.05, 0.1) is 11.5 Å². The second kappa shape index (κ2) is 11.2. The number of nitriles is 1. The van der Waals surface area contributed by atoms with Crippen LogP contribution in [0.1, 0.15) is 18.1 Å². The molecule has 3 aromatic carbocycles. The van der Waals surface area contributed by atoms with E-state index < -0.39 is 10.8 Å². The maximum Gasteiger partial charge on any atom is 0.269 e. The van der Waals surface area contributed by atoms with Gasteiger partial charge >= 0.3 is 0 Å². The van der Waals surface area contributed by atoms with Crippen molar-refractivity contribution < 1.29 is 23.6 Å². The highest BCUT2D eigenvalue weighted by Gasteiger charge is 2.13. The van der Waals surface area contributed by atoms with Gasteiger partial charge in [0.15, 0.2) is 11.5 Å². The van der Waals surface area contributed by atoms with Crippen molar-refractivity contribution >= 4 is 23.4 Å². The molecule has 8 nitrogen and oxygen atoms in total. The number of amides is 1. The van der Waals surface area contributed by atoms with E-state index >= 15 is 0 Å². The molecule has 0 heterocycles. The summed E-state index contributed by atoms with van der Waals surface area (Å²) in [5.41, 5.74) is 1.35. The van der Waals surface area contributed by atoms with Crippen molar-refractivity contribution in [2.75, 3.05) is 11.9 Å². The zero-order chi connectivity index (χ0) is 24.5. The van der Waals surface area contributed by atoms with Crippen LogP contribution in [0.15, 0.2) is 72.3 Å². The van der Waals surface area contributed by atoms with Gasteiger partial charge in [-0.2, -0.15) is 5.26 Å². The Balaban J connectivity index is 1.75. The summed E-state index contributed by atoms with van der Waals surface area (Å²) in [5.74, 6) is -0.115. The van der Waals surface area contributed by atoms with E-state index in [1.54, 1.807) is 30.3 Å². The Bertz CT molecular complexity index is 1250. The number of rotatable bonds is 9. The van der Waals surface area contributed by atoms with E-state index in [9.17, 15) is 24.6 Å². The maximum atomic E-state index is 13.1. The van der Waals surface area contributed by atoms with Crippen molar-refractivity contribution in [3.05, 3.63) is 99.4 Å². The number of nitro benzene ring substituents is 1. The second-order valence-electron chi connectivity index (χ2n) is 6.98. The molecule has 0 saturated carbocycles. The quantitative estimate of drug-likeness (QED) is 0.201. The van der Waals surface area contributed by atoms with Crippen molar-refractivity contribution in [1.29, 1.82) is 5.26 Å². The third-order valence-electron chi connectivity index (χ3n) is 4.59. The van der Waals surface area contributed by atoms with Crippen LogP contribution in [0.3, 0.4) is 0 Å². The Labute approximate surface area is 195 Å². The van der Waals surface area contributed by atoms with E-state index in [0.29, 0.717) is 29.4 Å². The fourth-order valence-electron chi connectivity index (χ4n) is 2.92. The number of hydrogen-bond donors (Lipinski definition) is 1. The Morgan fingerprint density at radius 3 is 2.41 bits per heavy atom. The summed E-state index contributed by atoms with van der Waals surface area (Å²) in [7, 11) is 0. The highest BCUT2D eigenvalue weighted by molar-refractivity contribution is 6.09. The topological polar surface area (TPSA) is 114 Å².